The van der Waals surface area contributed by atoms with E-state index in [9.17, 15) is 0 Å². The molecule has 2 aromatic heterocycles. The number of aliphatic imine (C=N–C) groups is 1. The number of likely N-dealkylation sites (N-methyl/N-ethyl adjacent to an activating group) is 1. The highest BCUT2D eigenvalue weighted by atomic mass is 127. The maximum atomic E-state index is 5.85. The summed E-state index contributed by atoms with van der Waals surface area (Å²) in [4.78, 5) is 11.5. The van der Waals surface area contributed by atoms with Gasteiger partial charge >= 0.3 is 0 Å². The van der Waals surface area contributed by atoms with Crippen molar-refractivity contribution in [1.29, 1.82) is 0 Å². The molecule has 0 spiro atoms. The van der Waals surface area contributed by atoms with Crippen molar-refractivity contribution >= 4 is 41.3 Å². The molecule has 2 rings (SSSR count). The third-order valence-electron chi connectivity index (χ3n) is 4.65. The van der Waals surface area contributed by atoms with Gasteiger partial charge in [-0.2, -0.15) is 11.3 Å². The zero-order chi connectivity index (χ0) is 20.6. The van der Waals surface area contributed by atoms with E-state index in [1.807, 2.05) is 0 Å². The first-order valence-electron chi connectivity index (χ1n) is 10.1. The van der Waals surface area contributed by atoms with E-state index in [2.05, 4.69) is 83.9 Å². The molecular formula is C21H36IN5OS. The van der Waals surface area contributed by atoms with Gasteiger partial charge in [0.2, 0.25) is 5.89 Å². The summed E-state index contributed by atoms with van der Waals surface area (Å²) >= 11 is 1.74. The van der Waals surface area contributed by atoms with Crippen molar-refractivity contribution in [3.63, 3.8) is 0 Å². The molecule has 0 aliphatic heterocycles. The molecule has 0 saturated carbocycles. The number of hydrogen-bond donors (Lipinski definition) is 2. The third-order valence-corrected chi connectivity index (χ3v) is 5.35. The van der Waals surface area contributed by atoms with E-state index in [-0.39, 0.29) is 29.4 Å². The van der Waals surface area contributed by atoms with Crippen molar-refractivity contribution in [1.82, 2.24) is 20.5 Å². The van der Waals surface area contributed by atoms with Gasteiger partial charge in [-0.3, -0.25) is 4.90 Å². The van der Waals surface area contributed by atoms with Crippen molar-refractivity contribution in [3.05, 3.63) is 40.2 Å². The minimum Gasteiger partial charge on any atom is -0.443 e. The fraction of sp³-hybridized carbons (Fsp3) is 0.619. The summed E-state index contributed by atoms with van der Waals surface area (Å²) in [5, 5.41) is 11.2. The standard InChI is InChI=1S/C21H35N5OS.HI/c1-7-22-20(25-14-19-23-13-18(27-19)21(4,5)6)24-12-17(26(8-2)9-3)16-10-11-28-15-16;/h10-11,13,15,17H,7-9,12,14H2,1-6H3,(H2,22,24,25);1H. The average Bonchev–Trinajstić information content (AvgIpc) is 3.34. The molecule has 1 atom stereocenters. The lowest BCUT2D eigenvalue weighted by atomic mass is 9.94. The summed E-state index contributed by atoms with van der Waals surface area (Å²) < 4.78 is 5.85. The lowest BCUT2D eigenvalue weighted by Crippen LogP contribution is -2.43. The van der Waals surface area contributed by atoms with Crippen molar-refractivity contribution in [2.24, 2.45) is 4.99 Å². The summed E-state index contributed by atoms with van der Waals surface area (Å²) in [5.74, 6) is 2.31. The smallest absolute Gasteiger partial charge is 0.216 e. The number of halogens is 1. The van der Waals surface area contributed by atoms with Crippen LogP contribution in [0.3, 0.4) is 0 Å². The number of guanidine groups is 1. The van der Waals surface area contributed by atoms with E-state index in [0.29, 0.717) is 18.5 Å². The van der Waals surface area contributed by atoms with Gasteiger partial charge in [-0.15, -0.1) is 24.0 Å². The van der Waals surface area contributed by atoms with Crippen molar-refractivity contribution in [2.45, 2.75) is 59.5 Å². The Labute approximate surface area is 196 Å². The number of aromatic nitrogens is 1. The van der Waals surface area contributed by atoms with Crippen LogP contribution in [-0.2, 0) is 12.0 Å². The van der Waals surface area contributed by atoms with Crippen molar-refractivity contribution < 1.29 is 4.42 Å². The average molecular weight is 534 g/mol. The zero-order valence-electron chi connectivity index (χ0n) is 18.5. The maximum Gasteiger partial charge on any atom is 0.216 e. The van der Waals surface area contributed by atoms with Gasteiger partial charge in [0.05, 0.1) is 12.2 Å². The van der Waals surface area contributed by atoms with Crippen LogP contribution in [0, 0.1) is 0 Å². The molecule has 6 nitrogen and oxygen atoms in total. The van der Waals surface area contributed by atoms with Gasteiger partial charge in [-0.05, 0) is 42.4 Å². The largest absolute Gasteiger partial charge is 0.443 e. The molecule has 0 amide bonds. The Morgan fingerprint density at radius 2 is 1.97 bits per heavy atom. The predicted molar refractivity (Wildman–Crippen MR) is 133 cm³/mol. The third kappa shape index (κ3) is 7.90. The summed E-state index contributed by atoms with van der Waals surface area (Å²) in [5.41, 5.74) is 1.30. The van der Waals surface area contributed by atoms with Gasteiger partial charge < -0.3 is 15.1 Å². The summed E-state index contributed by atoms with van der Waals surface area (Å²) in [7, 11) is 0. The van der Waals surface area contributed by atoms with Gasteiger partial charge in [0, 0.05) is 18.5 Å². The van der Waals surface area contributed by atoms with Gasteiger partial charge in [0.15, 0.2) is 5.96 Å². The van der Waals surface area contributed by atoms with Crippen LogP contribution in [-0.4, -0.2) is 42.0 Å². The summed E-state index contributed by atoms with van der Waals surface area (Å²) in [6, 6.07) is 2.53. The zero-order valence-corrected chi connectivity index (χ0v) is 21.6. The monoisotopic (exact) mass is 533 g/mol. The molecular weight excluding hydrogens is 497 g/mol. The minimum atomic E-state index is -0.0464. The Kier molecular flexibility index (Phi) is 11.2. The molecule has 0 bridgehead atoms. The molecule has 0 saturated heterocycles. The fourth-order valence-corrected chi connectivity index (χ4v) is 3.71. The van der Waals surface area contributed by atoms with E-state index in [1.165, 1.54) is 5.56 Å². The Hall–Kier alpha value is -1.13. The highest BCUT2D eigenvalue weighted by Gasteiger charge is 2.20. The Bertz CT molecular complexity index is 720. The number of rotatable bonds is 9. The number of nitrogens with one attached hydrogen (secondary N) is 2. The first kappa shape index (κ1) is 25.9. The van der Waals surface area contributed by atoms with Gasteiger partial charge in [-0.1, -0.05) is 34.6 Å². The molecule has 164 valence electrons. The SMILES string of the molecule is CCNC(=NCc1ncc(C(C)(C)C)o1)NCC(c1ccsc1)N(CC)CC.I. The fourth-order valence-electron chi connectivity index (χ4n) is 3.00. The molecule has 0 radical (unpaired) electrons. The van der Waals surface area contributed by atoms with Crippen LogP contribution in [0.1, 0.15) is 64.8 Å². The first-order chi connectivity index (χ1) is 13.4. The van der Waals surface area contributed by atoms with Crippen LogP contribution in [0.2, 0.25) is 0 Å². The second-order valence-electron chi connectivity index (χ2n) is 7.74. The first-order valence-corrected chi connectivity index (χ1v) is 11.1. The topological polar surface area (TPSA) is 65.7 Å². The molecule has 0 aliphatic carbocycles. The molecule has 2 N–H and O–H groups in total. The molecule has 8 heteroatoms. The number of oxazole rings is 1. The van der Waals surface area contributed by atoms with Crippen LogP contribution < -0.4 is 10.6 Å². The lowest BCUT2D eigenvalue weighted by Gasteiger charge is -2.30. The van der Waals surface area contributed by atoms with E-state index in [0.717, 1.165) is 37.9 Å². The maximum absolute atomic E-state index is 5.85. The van der Waals surface area contributed by atoms with E-state index >= 15 is 0 Å². The Balaban J connectivity index is 0.00000420. The predicted octanol–water partition coefficient (Wildman–Crippen LogP) is 4.79. The molecule has 2 aromatic rings. The molecule has 29 heavy (non-hydrogen) atoms. The summed E-state index contributed by atoms with van der Waals surface area (Å²) in [6.07, 6.45) is 1.80. The minimum absolute atomic E-state index is 0. The van der Waals surface area contributed by atoms with Gasteiger partial charge in [0.25, 0.3) is 0 Å². The highest BCUT2D eigenvalue weighted by Crippen LogP contribution is 2.23. The number of nitrogens with zero attached hydrogens (tertiary/aromatic N) is 3. The number of thiophene rings is 1. The summed E-state index contributed by atoms with van der Waals surface area (Å²) in [6.45, 7) is 16.9. The number of hydrogen-bond acceptors (Lipinski definition) is 5. The highest BCUT2D eigenvalue weighted by molar-refractivity contribution is 14.0. The van der Waals surface area contributed by atoms with E-state index in [4.69, 9.17) is 4.42 Å². The van der Waals surface area contributed by atoms with E-state index in [1.54, 1.807) is 17.5 Å². The molecule has 2 heterocycles. The molecule has 1 unspecified atom stereocenters. The van der Waals surface area contributed by atoms with Gasteiger partial charge in [0.1, 0.15) is 12.3 Å². The Morgan fingerprint density at radius 1 is 1.24 bits per heavy atom. The molecule has 0 fully saturated rings. The van der Waals surface area contributed by atoms with Crippen LogP contribution in [0.5, 0.6) is 0 Å². The normalized spacial score (nSPS) is 13.3. The lowest BCUT2D eigenvalue weighted by molar-refractivity contribution is 0.219. The Morgan fingerprint density at radius 3 is 2.48 bits per heavy atom. The van der Waals surface area contributed by atoms with Crippen molar-refractivity contribution in [2.75, 3.05) is 26.2 Å². The molecule has 0 aliphatic rings. The van der Waals surface area contributed by atoms with Crippen molar-refractivity contribution in [3.8, 4) is 0 Å². The van der Waals surface area contributed by atoms with Crippen LogP contribution in [0.25, 0.3) is 0 Å². The van der Waals surface area contributed by atoms with Crippen LogP contribution in [0.15, 0.2) is 32.4 Å². The van der Waals surface area contributed by atoms with Crippen LogP contribution >= 0.6 is 35.3 Å². The molecule has 0 aromatic carbocycles. The van der Waals surface area contributed by atoms with Gasteiger partial charge in [-0.25, -0.2) is 9.98 Å². The second kappa shape index (κ2) is 12.5. The second-order valence-corrected chi connectivity index (χ2v) is 8.52. The van der Waals surface area contributed by atoms with E-state index < -0.39 is 0 Å². The quantitative estimate of drug-likeness (QED) is 0.276. The van der Waals surface area contributed by atoms with Crippen LogP contribution in [0.4, 0.5) is 0 Å².